The topological polar surface area (TPSA) is 99.1 Å². The zero-order chi connectivity index (χ0) is 18.9. The van der Waals surface area contributed by atoms with Gasteiger partial charge in [0.25, 0.3) is 16.3 Å². The summed E-state index contributed by atoms with van der Waals surface area (Å²) in [5, 5.41) is 3.92. The van der Waals surface area contributed by atoms with Crippen LogP contribution in [0.3, 0.4) is 0 Å². The van der Waals surface area contributed by atoms with Crippen molar-refractivity contribution in [3.63, 3.8) is 0 Å². The Balaban J connectivity index is 0.00000261. The summed E-state index contributed by atoms with van der Waals surface area (Å²) < 4.78 is 36.3. The van der Waals surface area contributed by atoms with Crippen LogP contribution in [0.1, 0.15) is 27.0 Å². The maximum atomic E-state index is 12.9. The van der Waals surface area contributed by atoms with Crippen LogP contribution in [0.5, 0.6) is 0 Å². The molecule has 27 heavy (non-hydrogen) atoms. The molecule has 2 aromatic rings. The van der Waals surface area contributed by atoms with E-state index in [0.717, 1.165) is 5.56 Å². The summed E-state index contributed by atoms with van der Waals surface area (Å²) in [7, 11) is -5.00. The standard InChI is InChI=1S/C17H15ClN2O5S.K/c1-11-4-2-3-5-14(11)17(21)20-9-12-8-13(18)6-7-15(12)16(10-20)19-25-26(22,23)24;/h2-8H,9-10H2,1H3,(H,22,23,24);/q;+1/p-1/b19-16-;. The Kier molecular flexibility index (Phi) is 7.62. The molecule has 0 fully saturated rings. The molecule has 10 heteroatoms. The monoisotopic (exact) mass is 432 g/mol. The van der Waals surface area contributed by atoms with Gasteiger partial charge < -0.3 is 9.45 Å². The molecule has 1 aliphatic heterocycles. The van der Waals surface area contributed by atoms with Crippen molar-refractivity contribution in [2.24, 2.45) is 5.16 Å². The second kappa shape index (κ2) is 9.14. The van der Waals surface area contributed by atoms with Gasteiger partial charge in [-0.25, -0.2) is 0 Å². The van der Waals surface area contributed by atoms with Gasteiger partial charge in [0, 0.05) is 22.7 Å². The molecule has 0 saturated carbocycles. The number of amides is 1. The molecule has 2 aromatic carbocycles. The smallest absolute Gasteiger partial charge is 0.714 e. The Hall–Kier alpha value is -0.784. The summed E-state index contributed by atoms with van der Waals surface area (Å²) in [4.78, 5) is 14.4. The van der Waals surface area contributed by atoms with E-state index in [1.165, 1.54) is 4.90 Å². The normalized spacial score (nSPS) is 15.1. The van der Waals surface area contributed by atoms with Gasteiger partial charge in [0.05, 0.1) is 6.54 Å². The number of hydrogen-bond donors (Lipinski definition) is 0. The van der Waals surface area contributed by atoms with Gasteiger partial charge in [-0.05, 0) is 36.2 Å². The van der Waals surface area contributed by atoms with Crippen LogP contribution in [-0.4, -0.2) is 36.0 Å². The van der Waals surface area contributed by atoms with Crippen molar-refractivity contribution >= 4 is 33.6 Å². The molecule has 7 nitrogen and oxygen atoms in total. The molecule has 0 N–H and O–H groups in total. The van der Waals surface area contributed by atoms with Crippen LogP contribution in [-0.2, 0) is 21.2 Å². The van der Waals surface area contributed by atoms with E-state index < -0.39 is 10.4 Å². The van der Waals surface area contributed by atoms with E-state index in [2.05, 4.69) is 9.44 Å². The summed E-state index contributed by atoms with van der Waals surface area (Å²) in [6, 6.07) is 12.0. The number of aryl methyl sites for hydroxylation is 1. The number of carbonyl (C=O) groups excluding carboxylic acids is 1. The van der Waals surface area contributed by atoms with E-state index >= 15 is 0 Å². The average Bonchev–Trinajstić information content (AvgIpc) is 2.58. The molecule has 0 aliphatic carbocycles. The van der Waals surface area contributed by atoms with Gasteiger partial charge in [-0.15, -0.1) is 0 Å². The van der Waals surface area contributed by atoms with Crippen LogP contribution < -0.4 is 51.4 Å². The van der Waals surface area contributed by atoms with Gasteiger partial charge in [-0.2, -0.15) is 8.42 Å². The molecule has 1 heterocycles. The Morgan fingerprint density at radius 2 is 1.93 bits per heavy atom. The Bertz CT molecular complexity index is 1010. The third-order valence-corrected chi connectivity index (χ3v) is 4.47. The fourth-order valence-corrected chi connectivity index (χ4v) is 3.17. The fourth-order valence-electron chi connectivity index (χ4n) is 2.80. The number of oxime groups is 1. The number of halogens is 1. The van der Waals surface area contributed by atoms with Gasteiger partial charge in [-0.1, -0.05) is 41.0 Å². The average molecular weight is 433 g/mol. The molecule has 0 radical (unpaired) electrons. The van der Waals surface area contributed by atoms with Crippen molar-refractivity contribution in [1.29, 1.82) is 0 Å². The van der Waals surface area contributed by atoms with Crippen LogP contribution in [0.4, 0.5) is 0 Å². The number of hydrogen-bond acceptors (Lipinski definition) is 6. The van der Waals surface area contributed by atoms with Gasteiger partial charge in [0.2, 0.25) is 0 Å². The van der Waals surface area contributed by atoms with Crippen LogP contribution in [0, 0.1) is 6.92 Å². The number of nitrogens with zero attached hydrogens (tertiary/aromatic N) is 2. The fraction of sp³-hybridized carbons (Fsp3) is 0.176. The first-order valence-corrected chi connectivity index (χ1v) is 9.31. The van der Waals surface area contributed by atoms with E-state index in [1.54, 1.807) is 30.3 Å². The summed E-state index contributed by atoms with van der Waals surface area (Å²) in [5.41, 5.74) is 2.74. The largest absolute Gasteiger partial charge is 1.00 e. The molecule has 0 spiro atoms. The second-order valence-electron chi connectivity index (χ2n) is 5.80. The number of carbonyl (C=O) groups is 1. The number of rotatable bonds is 3. The zero-order valence-corrected chi connectivity index (χ0v) is 19.4. The summed E-state index contributed by atoms with van der Waals surface area (Å²) in [6.45, 7) is 2.09. The van der Waals surface area contributed by atoms with E-state index in [0.29, 0.717) is 21.7 Å². The Morgan fingerprint density at radius 1 is 1.22 bits per heavy atom. The molecule has 0 aromatic heterocycles. The molecular weight excluding hydrogens is 419 g/mol. The van der Waals surface area contributed by atoms with Gasteiger partial charge in [0.15, 0.2) is 0 Å². The van der Waals surface area contributed by atoms with Crippen molar-refractivity contribution < 1.29 is 73.4 Å². The minimum atomic E-state index is -5.00. The molecule has 0 saturated heterocycles. The number of fused-ring (bicyclic) bond motifs is 1. The number of benzene rings is 2. The first-order chi connectivity index (χ1) is 12.2. The molecule has 3 rings (SSSR count). The van der Waals surface area contributed by atoms with Gasteiger partial charge >= 0.3 is 51.4 Å². The van der Waals surface area contributed by atoms with Crippen molar-refractivity contribution in [2.75, 3.05) is 6.54 Å². The Morgan fingerprint density at radius 3 is 2.59 bits per heavy atom. The molecule has 0 bridgehead atoms. The van der Waals surface area contributed by atoms with E-state index in [-0.39, 0.29) is 76.1 Å². The third kappa shape index (κ3) is 5.61. The van der Waals surface area contributed by atoms with Gasteiger partial charge in [-0.3, -0.25) is 9.08 Å². The van der Waals surface area contributed by atoms with Crippen molar-refractivity contribution in [3.05, 3.63) is 69.7 Å². The van der Waals surface area contributed by atoms with Crippen LogP contribution in [0.25, 0.3) is 0 Å². The summed E-state index contributed by atoms with van der Waals surface area (Å²) in [5.74, 6) is -0.244. The molecular formula is C17H14ClKN2O5S. The van der Waals surface area contributed by atoms with Gasteiger partial charge in [0.1, 0.15) is 5.71 Å². The van der Waals surface area contributed by atoms with E-state index in [4.69, 9.17) is 11.6 Å². The maximum Gasteiger partial charge on any atom is 1.00 e. The van der Waals surface area contributed by atoms with Crippen LogP contribution in [0.2, 0.25) is 5.02 Å². The maximum absolute atomic E-state index is 12.9. The van der Waals surface area contributed by atoms with E-state index in [9.17, 15) is 17.8 Å². The first-order valence-electron chi connectivity index (χ1n) is 7.59. The summed E-state index contributed by atoms with van der Waals surface area (Å²) in [6.07, 6.45) is 0. The molecule has 1 aliphatic rings. The van der Waals surface area contributed by atoms with Crippen molar-refractivity contribution in [1.82, 2.24) is 4.90 Å². The zero-order valence-electron chi connectivity index (χ0n) is 14.7. The molecule has 136 valence electrons. The van der Waals surface area contributed by atoms with E-state index in [1.807, 2.05) is 19.1 Å². The minimum absolute atomic E-state index is 0. The second-order valence-corrected chi connectivity index (χ2v) is 7.20. The molecule has 0 atom stereocenters. The van der Waals surface area contributed by atoms with Crippen molar-refractivity contribution in [2.45, 2.75) is 13.5 Å². The van der Waals surface area contributed by atoms with Crippen molar-refractivity contribution in [3.8, 4) is 0 Å². The molecule has 1 amide bonds. The van der Waals surface area contributed by atoms with Crippen LogP contribution >= 0.6 is 11.6 Å². The predicted octanol–water partition coefficient (Wildman–Crippen LogP) is -0.511. The predicted molar refractivity (Wildman–Crippen MR) is 94.7 cm³/mol. The SMILES string of the molecule is Cc1ccccc1C(=O)N1C/C(=N/OS(=O)(=O)[O-])c2ccc(Cl)cc2C1.[K+]. The third-order valence-electron chi connectivity index (χ3n) is 3.98. The quantitative estimate of drug-likeness (QED) is 0.281. The minimum Gasteiger partial charge on any atom is -0.714 e. The summed E-state index contributed by atoms with van der Waals surface area (Å²) >= 11 is 6.02. The molecule has 0 unspecified atom stereocenters. The van der Waals surface area contributed by atoms with Crippen LogP contribution in [0.15, 0.2) is 47.6 Å². The Labute approximate surface area is 204 Å². The first kappa shape index (κ1) is 22.5.